The van der Waals surface area contributed by atoms with Crippen molar-refractivity contribution in [2.75, 3.05) is 20.2 Å². The summed E-state index contributed by atoms with van der Waals surface area (Å²) in [7, 11) is 1.62. The number of hydrogen-bond donors (Lipinski definition) is 0. The van der Waals surface area contributed by atoms with Gasteiger partial charge in [-0.3, -0.25) is 4.90 Å². The number of piperidine rings is 1. The zero-order chi connectivity index (χ0) is 18.4. The molecule has 0 N–H and O–H groups in total. The lowest BCUT2D eigenvalue weighted by Crippen LogP contribution is -2.35. The average Bonchev–Trinajstić information content (AvgIpc) is 2.64. The van der Waals surface area contributed by atoms with E-state index in [0.29, 0.717) is 24.8 Å². The first-order chi connectivity index (χ1) is 12.7. The standard InChI is InChI=1S/C20H25F2N3O/c1-26-14-20-23-10-16(11-24-20)13-25-9-3-4-15(12-25)7-8-17-18(21)5-2-6-19(17)22/h2,5-6,10-11,15H,3-4,7-9,12-14H2,1H3/t15-/m1/s1. The van der Waals surface area contributed by atoms with E-state index in [4.69, 9.17) is 4.74 Å². The van der Waals surface area contributed by atoms with E-state index in [-0.39, 0.29) is 5.56 Å². The Balaban J connectivity index is 1.52. The van der Waals surface area contributed by atoms with Crippen molar-refractivity contribution in [3.63, 3.8) is 0 Å². The number of nitrogens with zero attached hydrogens (tertiary/aromatic N) is 3. The minimum absolute atomic E-state index is 0.215. The molecule has 0 amide bonds. The Kier molecular flexibility index (Phi) is 6.63. The minimum atomic E-state index is -0.439. The predicted octanol–water partition coefficient (Wildman–Crippen LogP) is 3.75. The van der Waals surface area contributed by atoms with E-state index in [1.165, 1.54) is 18.2 Å². The summed E-state index contributed by atoms with van der Waals surface area (Å²) in [4.78, 5) is 11.0. The second-order valence-corrected chi connectivity index (χ2v) is 6.92. The molecule has 2 heterocycles. The monoisotopic (exact) mass is 361 g/mol. The number of halogens is 2. The molecule has 0 radical (unpaired) electrons. The molecule has 1 fully saturated rings. The Bertz CT molecular complexity index is 688. The number of benzene rings is 1. The van der Waals surface area contributed by atoms with Gasteiger partial charge < -0.3 is 4.74 Å². The molecule has 1 aliphatic heterocycles. The first-order valence-corrected chi connectivity index (χ1v) is 9.09. The molecule has 1 aromatic heterocycles. The molecular weight excluding hydrogens is 336 g/mol. The van der Waals surface area contributed by atoms with Gasteiger partial charge >= 0.3 is 0 Å². The van der Waals surface area contributed by atoms with Gasteiger partial charge in [0.2, 0.25) is 0 Å². The van der Waals surface area contributed by atoms with Crippen LogP contribution in [0.5, 0.6) is 0 Å². The van der Waals surface area contributed by atoms with Crippen molar-refractivity contribution in [3.8, 4) is 0 Å². The Morgan fingerprint density at radius 3 is 2.62 bits per heavy atom. The molecule has 0 bridgehead atoms. The third kappa shape index (κ3) is 5.05. The van der Waals surface area contributed by atoms with Gasteiger partial charge in [-0.15, -0.1) is 0 Å². The summed E-state index contributed by atoms with van der Waals surface area (Å²) >= 11 is 0. The Morgan fingerprint density at radius 1 is 1.19 bits per heavy atom. The molecular formula is C20H25F2N3O. The number of methoxy groups -OCH3 is 1. The van der Waals surface area contributed by atoms with Gasteiger partial charge in [0.25, 0.3) is 0 Å². The van der Waals surface area contributed by atoms with Crippen molar-refractivity contribution in [3.05, 3.63) is 59.2 Å². The number of ether oxygens (including phenoxy) is 1. The van der Waals surface area contributed by atoms with E-state index in [9.17, 15) is 8.78 Å². The fourth-order valence-electron chi connectivity index (χ4n) is 3.58. The fourth-order valence-corrected chi connectivity index (χ4v) is 3.58. The normalized spacial score (nSPS) is 18.2. The van der Waals surface area contributed by atoms with Gasteiger partial charge in [-0.05, 0) is 50.3 Å². The van der Waals surface area contributed by atoms with Gasteiger partial charge in [0.05, 0.1) is 0 Å². The molecule has 140 valence electrons. The van der Waals surface area contributed by atoms with E-state index < -0.39 is 11.6 Å². The number of aromatic nitrogens is 2. The summed E-state index contributed by atoms with van der Waals surface area (Å²) in [6, 6.07) is 4.08. The highest BCUT2D eigenvalue weighted by molar-refractivity contribution is 5.19. The molecule has 26 heavy (non-hydrogen) atoms. The molecule has 1 atom stereocenters. The van der Waals surface area contributed by atoms with Crippen LogP contribution in [-0.4, -0.2) is 35.1 Å². The summed E-state index contributed by atoms with van der Waals surface area (Å²) in [5.41, 5.74) is 1.29. The molecule has 0 unspecified atom stereocenters. The summed E-state index contributed by atoms with van der Waals surface area (Å²) in [5.74, 6) is 0.257. The number of rotatable bonds is 7. The fraction of sp³-hybridized carbons (Fsp3) is 0.500. The van der Waals surface area contributed by atoms with Crippen LogP contribution < -0.4 is 0 Å². The van der Waals surface area contributed by atoms with Crippen LogP contribution in [0.15, 0.2) is 30.6 Å². The molecule has 6 heteroatoms. The van der Waals surface area contributed by atoms with E-state index >= 15 is 0 Å². The molecule has 4 nitrogen and oxygen atoms in total. The first kappa shape index (κ1) is 18.9. The average molecular weight is 361 g/mol. The third-order valence-corrected chi connectivity index (χ3v) is 4.91. The molecule has 1 aromatic carbocycles. The van der Waals surface area contributed by atoms with Crippen molar-refractivity contribution in [1.82, 2.24) is 14.9 Å². The van der Waals surface area contributed by atoms with Crippen LogP contribution in [0.1, 0.15) is 36.2 Å². The predicted molar refractivity (Wildman–Crippen MR) is 95.4 cm³/mol. The topological polar surface area (TPSA) is 38.2 Å². The second-order valence-electron chi connectivity index (χ2n) is 6.92. The minimum Gasteiger partial charge on any atom is -0.377 e. The molecule has 0 saturated carbocycles. The van der Waals surface area contributed by atoms with Gasteiger partial charge in [0.1, 0.15) is 18.2 Å². The maximum absolute atomic E-state index is 13.8. The van der Waals surface area contributed by atoms with Crippen LogP contribution in [0.2, 0.25) is 0 Å². The molecule has 1 saturated heterocycles. The third-order valence-electron chi connectivity index (χ3n) is 4.91. The molecule has 0 spiro atoms. The molecule has 0 aliphatic carbocycles. The summed E-state index contributed by atoms with van der Waals surface area (Å²) in [6.07, 6.45) is 7.16. The largest absolute Gasteiger partial charge is 0.377 e. The maximum atomic E-state index is 13.8. The maximum Gasteiger partial charge on any atom is 0.153 e. The van der Waals surface area contributed by atoms with Crippen molar-refractivity contribution in [1.29, 1.82) is 0 Å². The Hall–Kier alpha value is -1.92. The van der Waals surface area contributed by atoms with Crippen molar-refractivity contribution in [2.24, 2.45) is 5.92 Å². The smallest absolute Gasteiger partial charge is 0.153 e. The second kappa shape index (κ2) is 9.14. The van der Waals surface area contributed by atoms with Crippen LogP contribution in [0.4, 0.5) is 8.78 Å². The van der Waals surface area contributed by atoms with E-state index in [1.807, 2.05) is 12.4 Å². The number of hydrogen-bond acceptors (Lipinski definition) is 4. The highest BCUT2D eigenvalue weighted by Crippen LogP contribution is 2.24. The highest BCUT2D eigenvalue weighted by Gasteiger charge is 2.21. The lowest BCUT2D eigenvalue weighted by molar-refractivity contribution is 0.160. The Labute approximate surface area is 153 Å². The van der Waals surface area contributed by atoms with Gasteiger partial charge in [-0.25, -0.2) is 18.7 Å². The lowest BCUT2D eigenvalue weighted by atomic mass is 9.91. The van der Waals surface area contributed by atoms with Crippen molar-refractivity contribution < 1.29 is 13.5 Å². The summed E-state index contributed by atoms with van der Waals surface area (Å²) in [5, 5.41) is 0. The molecule has 2 aromatic rings. The quantitative estimate of drug-likeness (QED) is 0.753. The van der Waals surface area contributed by atoms with E-state index in [2.05, 4.69) is 14.9 Å². The summed E-state index contributed by atoms with van der Waals surface area (Å²) < 4.78 is 32.6. The molecule has 1 aliphatic rings. The van der Waals surface area contributed by atoms with Crippen molar-refractivity contribution in [2.45, 2.75) is 38.8 Å². The van der Waals surface area contributed by atoms with Crippen LogP contribution in [0.25, 0.3) is 0 Å². The lowest BCUT2D eigenvalue weighted by Gasteiger charge is -2.32. The van der Waals surface area contributed by atoms with E-state index in [1.54, 1.807) is 7.11 Å². The van der Waals surface area contributed by atoms with Gasteiger partial charge in [0, 0.05) is 43.7 Å². The summed E-state index contributed by atoms with van der Waals surface area (Å²) in [6.45, 7) is 3.19. The zero-order valence-corrected chi connectivity index (χ0v) is 15.1. The zero-order valence-electron chi connectivity index (χ0n) is 15.1. The van der Waals surface area contributed by atoms with Crippen LogP contribution in [-0.2, 0) is 24.3 Å². The SMILES string of the molecule is COCc1ncc(CN2CCC[C@H](CCc3c(F)cccc3F)C2)cn1. The number of likely N-dealkylation sites (tertiary alicyclic amines) is 1. The van der Waals surface area contributed by atoms with E-state index in [0.717, 1.165) is 44.5 Å². The van der Waals surface area contributed by atoms with Crippen LogP contribution in [0, 0.1) is 17.6 Å². The van der Waals surface area contributed by atoms with Gasteiger partial charge in [0.15, 0.2) is 5.82 Å². The van der Waals surface area contributed by atoms with Crippen LogP contribution >= 0.6 is 0 Å². The Morgan fingerprint density at radius 2 is 1.92 bits per heavy atom. The molecule has 3 rings (SSSR count). The van der Waals surface area contributed by atoms with Gasteiger partial charge in [-0.2, -0.15) is 0 Å². The first-order valence-electron chi connectivity index (χ1n) is 9.09. The van der Waals surface area contributed by atoms with Crippen molar-refractivity contribution >= 4 is 0 Å². The van der Waals surface area contributed by atoms with Gasteiger partial charge in [-0.1, -0.05) is 6.07 Å². The van der Waals surface area contributed by atoms with Crippen LogP contribution in [0.3, 0.4) is 0 Å². The highest BCUT2D eigenvalue weighted by atomic mass is 19.1.